The van der Waals surface area contributed by atoms with Crippen LogP contribution in [0.1, 0.15) is 43.0 Å². The molecule has 0 unspecified atom stereocenters. The fourth-order valence-electron chi connectivity index (χ4n) is 4.08. The normalized spacial score (nSPS) is 16.5. The van der Waals surface area contributed by atoms with Crippen molar-refractivity contribution in [3.8, 4) is 11.4 Å². The molecule has 1 atom stereocenters. The van der Waals surface area contributed by atoms with Crippen molar-refractivity contribution >= 4 is 17.4 Å². The monoisotopic (exact) mass is 429 g/mol. The average molecular weight is 430 g/mol. The summed E-state index contributed by atoms with van der Waals surface area (Å²) in [6.07, 6.45) is 6.64. The third-order valence-corrected chi connectivity index (χ3v) is 5.96. The first-order chi connectivity index (χ1) is 15.7. The molecule has 0 spiro atoms. The van der Waals surface area contributed by atoms with E-state index in [1.165, 1.54) is 25.8 Å². The van der Waals surface area contributed by atoms with E-state index in [0.717, 1.165) is 24.2 Å². The number of piperidine rings is 1. The fourth-order valence-corrected chi connectivity index (χ4v) is 4.08. The summed E-state index contributed by atoms with van der Waals surface area (Å²) < 4.78 is 0. The molecule has 0 aliphatic carbocycles. The van der Waals surface area contributed by atoms with Crippen LogP contribution < -0.4 is 10.6 Å². The van der Waals surface area contributed by atoms with Crippen molar-refractivity contribution in [2.24, 2.45) is 0 Å². The maximum absolute atomic E-state index is 12.5. The molecule has 32 heavy (non-hydrogen) atoms. The van der Waals surface area contributed by atoms with Crippen LogP contribution in [0.2, 0.25) is 0 Å². The van der Waals surface area contributed by atoms with Crippen LogP contribution >= 0.6 is 0 Å². The summed E-state index contributed by atoms with van der Waals surface area (Å²) in [7, 11) is 0. The summed E-state index contributed by atoms with van der Waals surface area (Å²) in [4.78, 5) is 23.9. The van der Waals surface area contributed by atoms with Crippen molar-refractivity contribution in [1.29, 1.82) is 0 Å². The molecule has 1 aliphatic rings. The quantitative estimate of drug-likeness (QED) is 0.500. The number of aromatic nitrogens is 2. The summed E-state index contributed by atoms with van der Waals surface area (Å²) in [5.41, 5.74) is 2.51. The predicted molar refractivity (Wildman–Crippen MR) is 129 cm³/mol. The van der Waals surface area contributed by atoms with Gasteiger partial charge in [-0.2, -0.15) is 0 Å². The van der Waals surface area contributed by atoms with Crippen molar-refractivity contribution in [3.63, 3.8) is 0 Å². The standard InChI is InChI=1S/C26H31N5O/c1-20-8-5-6-18-31(20)19-7-16-28-26(32)22-11-13-23(14-12-22)29-24-15-17-27-25(30-24)21-9-3-2-4-10-21/h2-4,9-15,17,20H,5-8,16,18-19H2,1H3,(H,28,32)(H,27,29,30)/t20-/m1/s1. The number of hydrogen-bond acceptors (Lipinski definition) is 5. The summed E-state index contributed by atoms with van der Waals surface area (Å²) >= 11 is 0. The lowest BCUT2D eigenvalue weighted by Gasteiger charge is -2.33. The lowest BCUT2D eigenvalue weighted by Crippen LogP contribution is -2.39. The van der Waals surface area contributed by atoms with Crippen LogP contribution in [-0.4, -0.2) is 46.5 Å². The van der Waals surface area contributed by atoms with Gasteiger partial charge in [0.25, 0.3) is 5.91 Å². The van der Waals surface area contributed by atoms with Crippen molar-refractivity contribution in [2.45, 2.75) is 38.6 Å². The van der Waals surface area contributed by atoms with Gasteiger partial charge in [-0.15, -0.1) is 0 Å². The van der Waals surface area contributed by atoms with E-state index >= 15 is 0 Å². The molecule has 1 saturated heterocycles. The van der Waals surface area contributed by atoms with E-state index in [2.05, 4.69) is 32.4 Å². The van der Waals surface area contributed by atoms with Gasteiger partial charge < -0.3 is 15.5 Å². The van der Waals surface area contributed by atoms with Gasteiger partial charge in [-0.05, 0) is 63.1 Å². The lowest BCUT2D eigenvalue weighted by molar-refractivity contribution is 0.0949. The molecule has 2 heterocycles. The van der Waals surface area contributed by atoms with Gasteiger partial charge in [-0.25, -0.2) is 9.97 Å². The third kappa shape index (κ3) is 5.92. The topological polar surface area (TPSA) is 70.2 Å². The number of carbonyl (C=O) groups excluding carboxylic acids is 1. The van der Waals surface area contributed by atoms with Crippen molar-refractivity contribution in [1.82, 2.24) is 20.2 Å². The van der Waals surface area contributed by atoms with E-state index in [-0.39, 0.29) is 5.91 Å². The number of anilines is 2. The van der Waals surface area contributed by atoms with Crippen LogP contribution in [-0.2, 0) is 0 Å². The molecule has 6 heteroatoms. The molecule has 0 radical (unpaired) electrons. The number of benzene rings is 2. The summed E-state index contributed by atoms with van der Waals surface area (Å²) in [5.74, 6) is 1.35. The van der Waals surface area contributed by atoms with E-state index in [1.807, 2.05) is 60.7 Å². The van der Waals surface area contributed by atoms with Gasteiger partial charge in [0.05, 0.1) is 0 Å². The van der Waals surface area contributed by atoms with Gasteiger partial charge in [-0.3, -0.25) is 4.79 Å². The zero-order valence-electron chi connectivity index (χ0n) is 18.6. The van der Waals surface area contributed by atoms with E-state index in [9.17, 15) is 4.79 Å². The first kappa shape index (κ1) is 22.0. The number of hydrogen-bond donors (Lipinski definition) is 2. The summed E-state index contributed by atoms with van der Waals surface area (Å²) in [5, 5.41) is 6.33. The molecule has 1 amide bonds. The molecule has 2 N–H and O–H groups in total. The molecule has 0 bridgehead atoms. The van der Waals surface area contributed by atoms with Crippen LogP contribution in [0.5, 0.6) is 0 Å². The van der Waals surface area contributed by atoms with Crippen LogP contribution in [0.25, 0.3) is 11.4 Å². The van der Waals surface area contributed by atoms with Crippen molar-refractivity contribution in [3.05, 3.63) is 72.4 Å². The second-order valence-corrected chi connectivity index (χ2v) is 8.32. The summed E-state index contributed by atoms with van der Waals surface area (Å²) in [6.45, 7) is 5.24. The lowest BCUT2D eigenvalue weighted by atomic mass is 10.0. The molecule has 1 aromatic heterocycles. The highest BCUT2D eigenvalue weighted by atomic mass is 16.1. The minimum atomic E-state index is -0.0309. The molecule has 2 aromatic carbocycles. The second-order valence-electron chi connectivity index (χ2n) is 8.32. The van der Waals surface area contributed by atoms with Gasteiger partial charge in [0, 0.05) is 42.1 Å². The Hall–Kier alpha value is -3.25. The molecule has 4 rings (SSSR count). The highest BCUT2D eigenvalue weighted by Crippen LogP contribution is 2.19. The van der Waals surface area contributed by atoms with Crippen molar-refractivity contribution < 1.29 is 4.79 Å². The first-order valence-corrected chi connectivity index (χ1v) is 11.5. The second kappa shape index (κ2) is 10.9. The largest absolute Gasteiger partial charge is 0.352 e. The Morgan fingerprint density at radius 2 is 1.88 bits per heavy atom. The van der Waals surface area contributed by atoms with E-state index < -0.39 is 0 Å². The Bertz CT molecular complexity index is 1010. The molecule has 3 aromatic rings. The van der Waals surface area contributed by atoms with Crippen molar-refractivity contribution in [2.75, 3.05) is 25.0 Å². The predicted octanol–water partition coefficient (Wildman–Crippen LogP) is 4.88. The number of carbonyl (C=O) groups is 1. The molecular weight excluding hydrogens is 398 g/mol. The SMILES string of the molecule is C[C@@H]1CCCCN1CCCNC(=O)c1ccc(Nc2ccnc(-c3ccccc3)n2)cc1. The Morgan fingerprint density at radius 3 is 2.66 bits per heavy atom. The molecule has 6 nitrogen and oxygen atoms in total. The Kier molecular flexibility index (Phi) is 7.46. The first-order valence-electron chi connectivity index (χ1n) is 11.5. The maximum atomic E-state index is 12.5. The average Bonchev–Trinajstić information content (AvgIpc) is 2.84. The third-order valence-electron chi connectivity index (χ3n) is 5.96. The Morgan fingerprint density at radius 1 is 1.06 bits per heavy atom. The minimum absolute atomic E-state index is 0.0309. The molecule has 0 saturated carbocycles. The fraction of sp³-hybridized carbons (Fsp3) is 0.346. The molecule has 166 valence electrons. The number of rotatable bonds is 8. The van der Waals surface area contributed by atoms with E-state index in [4.69, 9.17) is 0 Å². The number of amides is 1. The van der Waals surface area contributed by atoms with Crippen LogP contribution in [0, 0.1) is 0 Å². The molecule has 1 fully saturated rings. The molecule has 1 aliphatic heterocycles. The van der Waals surface area contributed by atoms with Gasteiger partial charge in [0.1, 0.15) is 5.82 Å². The van der Waals surface area contributed by atoms with E-state index in [0.29, 0.717) is 29.8 Å². The van der Waals surface area contributed by atoms with Gasteiger partial charge in [0.2, 0.25) is 0 Å². The smallest absolute Gasteiger partial charge is 0.251 e. The number of nitrogens with zero attached hydrogens (tertiary/aromatic N) is 3. The Labute approximate surface area is 190 Å². The van der Waals surface area contributed by atoms with Crippen LogP contribution in [0.4, 0.5) is 11.5 Å². The highest BCUT2D eigenvalue weighted by Gasteiger charge is 2.17. The Balaban J connectivity index is 1.27. The molecular formula is C26H31N5O. The van der Waals surface area contributed by atoms with E-state index in [1.54, 1.807) is 6.20 Å². The van der Waals surface area contributed by atoms with Crippen LogP contribution in [0.15, 0.2) is 66.9 Å². The number of likely N-dealkylation sites (tertiary alicyclic amines) is 1. The van der Waals surface area contributed by atoms with Crippen LogP contribution in [0.3, 0.4) is 0 Å². The van der Waals surface area contributed by atoms with Gasteiger partial charge >= 0.3 is 0 Å². The number of nitrogens with one attached hydrogen (secondary N) is 2. The zero-order chi connectivity index (χ0) is 22.2. The highest BCUT2D eigenvalue weighted by molar-refractivity contribution is 5.94. The minimum Gasteiger partial charge on any atom is -0.352 e. The van der Waals surface area contributed by atoms with Gasteiger partial charge in [-0.1, -0.05) is 36.8 Å². The van der Waals surface area contributed by atoms with Gasteiger partial charge in [0.15, 0.2) is 5.82 Å². The zero-order valence-corrected chi connectivity index (χ0v) is 18.6. The maximum Gasteiger partial charge on any atom is 0.251 e. The summed E-state index contributed by atoms with van der Waals surface area (Å²) in [6, 6.07) is 19.8.